The number of carbonyl (C=O) groups excluding carboxylic acids is 1. The van der Waals surface area contributed by atoms with Crippen molar-refractivity contribution in [3.8, 4) is 0 Å². The summed E-state index contributed by atoms with van der Waals surface area (Å²) in [5.41, 5.74) is 9.02. The van der Waals surface area contributed by atoms with Crippen molar-refractivity contribution in [1.29, 1.82) is 0 Å². The van der Waals surface area contributed by atoms with E-state index in [0.717, 1.165) is 16.8 Å². The van der Waals surface area contributed by atoms with Gasteiger partial charge in [-0.25, -0.2) is 0 Å². The summed E-state index contributed by atoms with van der Waals surface area (Å²) in [6, 6.07) is 7.85. The quantitative estimate of drug-likeness (QED) is 0.780. The monoisotopic (exact) mass is 258 g/mol. The van der Waals surface area contributed by atoms with Crippen molar-refractivity contribution in [3.63, 3.8) is 0 Å². The summed E-state index contributed by atoms with van der Waals surface area (Å²) in [4.78, 5) is 12.0. The Kier molecular flexibility index (Phi) is 3.97. The third-order valence-electron chi connectivity index (χ3n) is 3.14. The number of rotatable bonds is 4. The summed E-state index contributed by atoms with van der Waals surface area (Å²) in [5, 5.41) is 9.55. The topological polar surface area (TPSA) is 83.8 Å². The molecule has 0 bridgehead atoms. The highest BCUT2D eigenvalue weighted by atomic mass is 16.1. The highest BCUT2D eigenvalue weighted by molar-refractivity contribution is 5.95. The summed E-state index contributed by atoms with van der Waals surface area (Å²) in [5.74, 6) is -0.123. The van der Waals surface area contributed by atoms with Gasteiger partial charge < -0.3 is 11.1 Å². The SMILES string of the molecule is Cc1[nH]ncc1C(=O)NC(C)c1ccc(CN)cc1. The van der Waals surface area contributed by atoms with Crippen LogP contribution in [0.3, 0.4) is 0 Å². The molecule has 5 heteroatoms. The number of H-pyrrole nitrogens is 1. The molecule has 100 valence electrons. The van der Waals surface area contributed by atoms with Crippen LogP contribution in [0.2, 0.25) is 0 Å². The van der Waals surface area contributed by atoms with Crippen LogP contribution in [0, 0.1) is 6.92 Å². The number of aryl methyl sites for hydroxylation is 1. The second-order valence-corrected chi connectivity index (χ2v) is 4.55. The third-order valence-corrected chi connectivity index (χ3v) is 3.14. The van der Waals surface area contributed by atoms with Gasteiger partial charge in [-0.05, 0) is 25.0 Å². The fraction of sp³-hybridized carbons (Fsp3) is 0.286. The van der Waals surface area contributed by atoms with Crippen molar-refractivity contribution in [2.75, 3.05) is 0 Å². The molecule has 0 fully saturated rings. The van der Waals surface area contributed by atoms with Gasteiger partial charge in [0.1, 0.15) is 0 Å². The molecule has 19 heavy (non-hydrogen) atoms. The Labute approximate surface area is 112 Å². The lowest BCUT2D eigenvalue weighted by Crippen LogP contribution is -2.26. The standard InChI is InChI=1S/C14H18N4O/c1-9(12-5-3-11(7-15)4-6-12)17-14(19)13-8-16-18-10(13)2/h3-6,8-9H,7,15H2,1-2H3,(H,16,18)(H,17,19). The van der Waals surface area contributed by atoms with Crippen molar-refractivity contribution in [1.82, 2.24) is 15.5 Å². The predicted molar refractivity (Wildman–Crippen MR) is 73.5 cm³/mol. The van der Waals surface area contributed by atoms with Gasteiger partial charge in [0.05, 0.1) is 17.8 Å². The molecule has 0 aliphatic carbocycles. The van der Waals surface area contributed by atoms with E-state index in [2.05, 4.69) is 15.5 Å². The van der Waals surface area contributed by atoms with E-state index < -0.39 is 0 Å². The highest BCUT2D eigenvalue weighted by Gasteiger charge is 2.14. The molecule has 1 heterocycles. The van der Waals surface area contributed by atoms with Crippen LogP contribution in [0.5, 0.6) is 0 Å². The zero-order valence-electron chi connectivity index (χ0n) is 11.1. The largest absolute Gasteiger partial charge is 0.345 e. The molecule has 0 aliphatic rings. The van der Waals surface area contributed by atoms with E-state index in [4.69, 9.17) is 5.73 Å². The first-order valence-electron chi connectivity index (χ1n) is 6.21. The minimum Gasteiger partial charge on any atom is -0.345 e. The molecule has 1 unspecified atom stereocenters. The van der Waals surface area contributed by atoms with Gasteiger partial charge in [0.25, 0.3) is 5.91 Å². The van der Waals surface area contributed by atoms with E-state index in [9.17, 15) is 4.79 Å². The first-order valence-corrected chi connectivity index (χ1v) is 6.21. The molecule has 1 aromatic heterocycles. The lowest BCUT2D eigenvalue weighted by Gasteiger charge is -2.14. The third kappa shape index (κ3) is 3.00. The zero-order chi connectivity index (χ0) is 13.8. The van der Waals surface area contributed by atoms with Gasteiger partial charge in [-0.2, -0.15) is 5.10 Å². The molecule has 0 radical (unpaired) electrons. The lowest BCUT2D eigenvalue weighted by molar-refractivity contribution is 0.0939. The van der Waals surface area contributed by atoms with Gasteiger partial charge in [0.15, 0.2) is 0 Å². The molecule has 1 amide bonds. The van der Waals surface area contributed by atoms with Crippen molar-refractivity contribution < 1.29 is 4.79 Å². The lowest BCUT2D eigenvalue weighted by atomic mass is 10.1. The van der Waals surface area contributed by atoms with E-state index in [1.807, 2.05) is 38.1 Å². The summed E-state index contributed by atoms with van der Waals surface area (Å²) in [6.07, 6.45) is 1.54. The zero-order valence-corrected chi connectivity index (χ0v) is 11.1. The summed E-state index contributed by atoms with van der Waals surface area (Å²) < 4.78 is 0. The van der Waals surface area contributed by atoms with Crippen LogP contribution < -0.4 is 11.1 Å². The molecule has 1 aromatic carbocycles. The average Bonchev–Trinajstić information content (AvgIpc) is 2.85. The van der Waals surface area contributed by atoms with Crippen molar-refractivity contribution in [2.24, 2.45) is 5.73 Å². The number of nitrogens with zero attached hydrogens (tertiary/aromatic N) is 1. The molecular formula is C14H18N4O. The molecule has 0 saturated heterocycles. The molecule has 0 saturated carbocycles. The van der Waals surface area contributed by atoms with Crippen molar-refractivity contribution in [3.05, 3.63) is 52.8 Å². The van der Waals surface area contributed by atoms with Gasteiger partial charge >= 0.3 is 0 Å². The van der Waals surface area contributed by atoms with Crippen molar-refractivity contribution >= 4 is 5.91 Å². The van der Waals surface area contributed by atoms with Crippen LogP contribution in [0.25, 0.3) is 0 Å². The smallest absolute Gasteiger partial charge is 0.255 e. The van der Waals surface area contributed by atoms with E-state index >= 15 is 0 Å². The summed E-state index contributed by atoms with van der Waals surface area (Å²) in [7, 11) is 0. The Morgan fingerprint density at radius 2 is 2.11 bits per heavy atom. The van der Waals surface area contributed by atoms with Crippen LogP contribution in [0.15, 0.2) is 30.5 Å². The van der Waals surface area contributed by atoms with Crippen LogP contribution in [-0.4, -0.2) is 16.1 Å². The number of benzene rings is 1. The number of hydrogen-bond donors (Lipinski definition) is 3. The Hall–Kier alpha value is -2.14. The predicted octanol–water partition coefficient (Wildman–Crippen LogP) is 1.67. The Bertz CT molecular complexity index is 559. The molecule has 0 spiro atoms. The maximum Gasteiger partial charge on any atom is 0.255 e. The first kappa shape index (κ1) is 13.3. The molecule has 0 aliphatic heterocycles. The maximum atomic E-state index is 12.0. The fourth-order valence-electron chi connectivity index (χ4n) is 1.88. The second kappa shape index (κ2) is 5.67. The van der Waals surface area contributed by atoms with E-state index in [0.29, 0.717) is 12.1 Å². The minimum atomic E-state index is -0.123. The van der Waals surface area contributed by atoms with Crippen LogP contribution in [0.1, 0.15) is 40.1 Å². The normalized spacial score (nSPS) is 12.2. The molecule has 4 N–H and O–H groups in total. The number of aromatic amines is 1. The number of aromatic nitrogens is 2. The molecule has 1 atom stereocenters. The Morgan fingerprint density at radius 1 is 1.42 bits per heavy atom. The Balaban J connectivity index is 2.06. The second-order valence-electron chi connectivity index (χ2n) is 4.55. The number of carbonyl (C=O) groups is 1. The number of hydrogen-bond acceptors (Lipinski definition) is 3. The van der Waals surface area contributed by atoms with Gasteiger partial charge in [-0.1, -0.05) is 24.3 Å². The van der Waals surface area contributed by atoms with Gasteiger partial charge in [0.2, 0.25) is 0 Å². The van der Waals surface area contributed by atoms with Gasteiger partial charge in [-0.15, -0.1) is 0 Å². The van der Waals surface area contributed by atoms with Gasteiger partial charge in [-0.3, -0.25) is 9.89 Å². The number of nitrogens with two attached hydrogens (primary N) is 1. The molecule has 2 rings (SSSR count). The molecular weight excluding hydrogens is 240 g/mol. The summed E-state index contributed by atoms with van der Waals surface area (Å²) in [6.45, 7) is 4.29. The van der Waals surface area contributed by atoms with Crippen LogP contribution in [0.4, 0.5) is 0 Å². The minimum absolute atomic E-state index is 0.0615. The maximum absolute atomic E-state index is 12.0. The fourth-order valence-corrected chi connectivity index (χ4v) is 1.88. The van der Waals surface area contributed by atoms with Gasteiger partial charge in [0, 0.05) is 12.2 Å². The number of nitrogens with one attached hydrogen (secondary N) is 2. The highest BCUT2D eigenvalue weighted by Crippen LogP contribution is 2.14. The van der Waals surface area contributed by atoms with Crippen LogP contribution >= 0.6 is 0 Å². The Morgan fingerprint density at radius 3 is 2.63 bits per heavy atom. The van der Waals surface area contributed by atoms with Crippen LogP contribution in [-0.2, 0) is 6.54 Å². The molecule has 2 aromatic rings. The van der Waals surface area contributed by atoms with E-state index in [-0.39, 0.29) is 11.9 Å². The first-order chi connectivity index (χ1) is 9.11. The van der Waals surface area contributed by atoms with E-state index in [1.54, 1.807) is 0 Å². The van der Waals surface area contributed by atoms with Crippen molar-refractivity contribution in [2.45, 2.75) is 26.4 Å². The number of amides is 1. The molecule has 5 nitrogen and oxygen atoms in total. The summed E-state index contributed by atoms with van der Waals surface area (Å²) >= 11 is 0. The van der Waals surface area contributed by atoms with E-state index in [1.165, 1.54) is 6.20 Å². The average molecular weight is 258 g/mol.